The van der Waals surface area contributed by atoms with Crippen LogP contribution in [0, 0.1) is 17.8 Å². The second-order valence-electron chi connectivity index (χ2n) is 8.64. The Labute approximate surface area is 170 Å². The molecule has 0 saturated heterocycles. The molecule has 1 amide bonds. The van der Waals surface area contributed by atoms with Gasteiger partial charge in [-0.15, -0.1) is 0 Å². The van der Waals surface area contributed by atoms with Gasteiger partial charge in [0.1, 0.15) is 0 Å². The molecule has 0 aromatic heterocycles. The van der Waals surface area contributed by atoms with Crippen molar-refractivity contribution in [1.29, 1.82) is 0 Å². The Hall–Kier alpha value is -2.47. The van der Waals surface area contributed by atoms with E-state index < -0.39 is 9.84 Å². The summed E-state index contributed by atoms with van der Waals surface area (Å²) in [5.41, 5.74) is 0.582. The molecule has 150 valence electrons. The molecule has 1 N–H and O–H groups in total. The normalized spacial score (nSPS) is 27.2. The van der Waals surface area contributed by atoms with Crippen molar-refractivity contribution >= 4 is 21.5 Å². The summed E-state index contributed by atoms with van der Waals surface area (Å²) in [7, 11) is -3.84. The van der Waals surface area contributed by atoms with Crippen molar-refractivity contribution in [3.63, 3.8) is 0 Å². The summed E-state index contributed by atoms with van der Waals surface area (Å²) >= 11 is 0. The van der Waals surface area contributed by atoms with Crippen LogP contribution in [0.25, 0.3) is 0 Å². The number of ketones is 1. The van der Waals surface area contributed by atoms with Gasteiger partial charge in [-0.3, -0.25) is 9.59 Å². The molecule has 2 saturated carbocycles. The molecule has 5 nitrogen and oxygen atoms in total. The summed E-state index contributed by atoms with van der Waals surface area (Å²) in [6.07, 6.45) is 4.98. The van der Waals surface area contributed by atoms with E-state index in [2.05, 4.69) is 5.32 Å². The lowest BCUT2D eigenvalue weighted by molar-refractivity contribution is 0.0913. The molecule has 0 spiro atoms. The summed E-state index contributed by atoms with van der Waals surface area (Å²) in [6.45, 7) is 2.04. The first-order valence-electron chi connectivity index (χ1n) is 10.2. The number of nitrogens with one attached hydrogen (secondary N) is 1. The smallest absolute Gasteiger partial charge is 0.251 e. The van der Waals surface area contributed by atoms with E-state index in [0.717, 1.165) is 12.3 Å². The average molecular weight is 410 g/mol. The Morgan fingerprint density at radius 1 is 1.03 bits per heavy atom. The minimum atomic E-state index is -3.84. The highest BCUT2D eigenvalue weighted by atomic mass is 32.2. The lowest BCUT2D eigenvalue weighted by atomic mass is 9.84. The standard InChI is InChI=1S/C23H23NO4S/c1-13(19-11-14-6-7-15(19)10-14)24-23(26)16-8-9-18-21(12-16)29(27,28)20-5-3-2-4-17(20)22(18)25/h2-5,8-9,12-15,19H,6-7,10-11H2,1H3,(H,24,26)/t13-,14+,15+,19+/m1/s1. The van der Waals surface area contributed by atoms with Crippen molar-refractivity contribution in [2.24, 2.45) is 17.8 Å². The molecule has 0 unspecified atom stereocenters. The second-order valence-corrected chi connectivity index (χ2v) is 10.5. The Morgan fingerprint density at radius 2 is 1.79 bits per heavy atom. The van der Waals surface area contributed by atoms with Crippen LogP contribution in [0.3, 0.4) is 0 Å². The topological polar surface area (TPSA) is 80.3 Å². The fourth-order valence-corrected chi connectivity index (χ4v) is 7.21. The maximum Gasteiger partial charge on any atom is 0.251 e. The summed E-state index contributed by atoms with van der Waals surface area (Å²) in [6, 6.07) is 10.6. The van der Waals surface area contributed by atoms with E-state index in [1.54, 1.807) is 18.2 Å². The molecular formula is C23H23NO4S. The number of fused-ring (bicyclic) bond motifs is 4. The zero-order chi connectivity index (χ0) is 20.3. The second kappa shape index (κ2) is 6.52. The van der Waals surface area contributed by atoms with Gasteiger partial charge in [-0.25, -0.2) is 8.42 Å². The highest BCUT2D eigenvalue weighted by Gasteiger charge is 2.42. The van der Waals surface area contributed by atoms with E-state index >= 15 is 0 Å². The summed E-state index contributed by atoms with van der Waals surface area (Å²) < 4.78 is 26.1. The van der Waals surface area contributed by atoms with Crippen LogP contribution in [-0.4, -0.2) is 26.2 Å². The van der Waals surface area contributed by atoms with Crippen molar-refractivity contribution < 1.29 is 18.0 Å². The Morgan fingerprint density at radius 3 is 2.52 bits per heavy atom. The van der Waals surface area contributed by atoms with E-state index in [1.807, 2.05) is 6.92 Å². The molecule has 2 fully saturated rings. The summed E-state index contributed by atoms with van der Waals surface area (Å²) in [5.74, 6) is 1.36. The molecule has 4 atom stereocenters. The molecule has 2 bridgehead atoms. The van der Waals surface area contributed by atoms with Gasteiger partial charge in [0.05, 0.1) is 9.79 Å². The van der Waals surface area contributed by atoms with Crippen LogP contribution in [0.4, 0.5) is 0 Å². The van der Waals surface area contributed by atoms with E-state index in [4.69, 9.17) is 0 Å². The van der Waals surface area contributed by atoms with Gasteiger partial charge >= 0.3 is 0 Å². The molecule has 0 radical (unpaired) electrons. The first-order valence-corrected chi connectivity index (χ1v) is 11.7. The van der Waals surface area contributed by atoms with Gasteiger partial charge in [0.2, 0.25) is 9.84 Å². The predicted octanol–water partition coefficient (Wildman–Crippen LogP) is 3.62. The first kappa shape index (κ1) is 18.6. The molecule has 29 heavy (non-hydrogen) atoms. The largest absolute Gasteiger partial charge is 0.349 e. The monoisotopic (exact) mass is 409 g/mol. The lowest BCUT2D eigenvalue weighted by Crippen LogP contribution is -2.40. The van der Waals surface area contributed by atoms with Crippen LogP contribution >= 0.6 is 0 Å². The summed E-state index contributed by atoms with van der Waals surface area (Å²) in [4.78, 5) is 25.5. The van der Waals surface area contributed by atoms with Crippen molar-refractivity contribution in [2.75, 3.05) is 0 Å². The van der Waals surface area contributed by atoms with E-state index in [-0.39, 0.29) is 44.2 Å². The van der Waals surface area contributed by atoms with Crippen LogP contribution in [0.1, 0.15) is 58.9 Å². The predicted molar refractivity (Wildman–Crippen MR) is 108 cm³/mol. The van der Waals surface area contributed by atoms with Crippen LogP contribution in [0.2, 0.25) is 0 Å². The number of hydrogen-bond donors (Lipinski definition) is 1. The fraction of sp³-hybridized carbons (Fsp3) is 0.391. The minimum Gasteiger partial charge on any atom is -0.349 e. The Bertz CT molecular complexity index is 1140. The maximum atomic E-state index is 13.0. The molecule has 3 aliphatic rings. The molecule has 2 aromatic rings. The van der Waals surface area contributed by atoms with Crippen molar-refractivity contribution in [3.8, 4) is 0 Å². The van der Waals surface area contributed by atoms with Gasteiger partial charge in [0.25, 0.3) is 5.91 Å². The molecule has 2 aromatic carbocycles. The average Bonchev–Trinajstić information content (AvgIpc) is 3.36. The quantitative estimate of drug-likeness (QED) is 0.716. The van der Waals surface area contributed by atoms with Gasteiger partial charge in [-0.1, -0.05) is 18.6 Å². The molecule has 6 heteroatoms. The van der Waals surface area contributed by atoms with Gasteiger partial charge in [-0.2, -0.15) is 0 Å². The zero-order valence-electron chi connectivity index (χ0n) is 16.2. The third-order valence-corrected chi connectivity index (χ3v) is 8.84. The third kappa shape index (κ3) is 2.84. The third-order valence-electron chi connectivity index (χ3n) is 6.99. The van der Waals surface area contributed by atoms with Gasteiger partial charge < -0.3 is 5.32 Å². The molecular weight excluding hydrogens is 386 g/mol. The van der Waals surface area contributed by atoms with Crippen molar-refractivity contribution in [3.05, 3.63) is 59.2 Å². The number of carbonyl (C=O) groups excluding carboxylic acids is 2. The van der Waals surface area contributed by atoms with E-state index in [0.29, 0.717) is 11.8 Å². The fourth-order valence-electron chi connectivity index (χ4n) is 5.53. The van der Waals surface area contributed by atoms with Crippen molar-refractivity contribution in [1.82, 2.24) is 5.32 Å². The molecule has 1 heterocycles. The number of carbonyl (C=O) groups is 2. The molecule has 1 aliphatic heterocycles. The maximum absolute atomic E-state index is 13.0. The first-order chi connectivity index (χ1) is 13.9. The lowest BCUT2D eigenvalue weighted by Gasteiger charge is -2.28. The minimum absolute atomic E-state index is 0.00501. The van der Waals surface area contributed by atoms with Gasteiger partial charge in [0, 0.05) is 22.7 Å². The number of amides is 1. The van der Waals surface area contributed by atoms with Gasteiger partial charge in [0.15, 0.2) is 5.78 Å². The number of sulfone groups is 1. The Balaban J connectivity index is 1.44. The highest BCUT2D eigenvalue weighted by molar-refractivity contribution is 7.91. The van der Waals surface area contributed by atoms with Crippen LogP contribution in [0.15, 0.2) is 52.3 Å². The van der Waals surface area contributed by atoms with Crippen LogP contribution in [0.5, 0.6) is 0 Å². The SMILES string of the molecule is C[C@@H](NC(=O)c1ccc2c(c1)S(=O)(=O)c1ccccc1C2=O)[C@@H]1C[C@H]2CC[C@H]1C2. The highest BCUT2D eigenvalue weighted by Crippen LogP contribution is 2.49. The number of rotatable bonds is 3. The van der Waals surface area contributed by atoms with Crippen LogP contribution < -0.4 is 5.32 Å². The molecule has 5 rings (SSSR count). The summed E-state index contributed by atoms with van der Waals surface area (Å²) in [5, 5.41) is 3.07. The van der Waals surface area contributed by atoms with Gasteiger partial charge in [-0.05, 0) is 74.3 Å². The van der Waals surface area contributed by atoms with Crippen molar-refractivity contribution in [2.45, 2.75) is 48.4 Å². The number of benzene rings is 2. The number of hydrogen-bond acceptors (Lipinski definition) is 4. The van der Waals surface area contributed by atoms with Crippen LogP contribution in [-0.2, 0) is 9.84 Å². The Kier molecular flexibility index (Phi) is 4.17. The van der Waals surface area contributed by atoms with E-state index in [1.165, 1.54) is 43.5 Å². The van der Waals surface area contributed by atoms with E-state index in [9.17, 15) is 18.0 Å². The molecule has 2 aliphatic carbocycles. The zero-order valence-corrected chi connectivity index (χ0v) is 17.0.